The van der Waals surface area contributed by atoms with E-state index in [9.17, 15) is 43.5 Å². The number of unbranched alkanes of at least 4 members (excludes halogenated alkanes) is 28. The molecule has 0 fully saturated rings. The number of carbonyl (C=O) groups is 3. The number of ether oxygens (including phenoxy) is 3. The number of carbonyl (C=O) groups excluding carboxylic acids is 3. The Kier molecular flexibility index (Phi) is 73.6. The molecule has 103 heavy (non-hydrogen) atoms. The van der Waals surface area contributed by atoms with Crippen LogP contribution < -0.4 is 0 Å². The number of rotatable bonds is 75. The van der Waals surface area contributed by atoms with Crippen molar-refractivity contribution in [1.29, 1.82) is 0 Å². The quantitative estimate of drug-likeness (QED) is 0.0146. The van der Waals surface area contributed by atoms with E-state index < -0.39 is 91.5 Å². The zero-order chi connectivity index (χ0) is 75.2. The molecule has 0 radical (unpaired) electrons. The smallest absolute Gasteiger partial charge is 0.463 e. The Hall–Kier alpha value is -4.57. The van der Waals surface area contributed by atoms with Crippen molar-refractivity contribution < 1.29 is 75.8 Å². The Morgan fingerprint density at radius 2 is 0.553 bits per heavy atom. The predicted molar refractivity (Wildman–Crippen MR) is 426 cm³/mol. The number of hydrogen-bond donors (Lipinski definition) is 4. The summed E-state index contributed by atoms with van der Waals surface area (Å²) in [7, 11) is -9.81. The van der Waals surface area contributed by atoms with Crippen LogP contribution in [0.1, 0.15) is 316 Å². The van der Waals surface area contributed by atoms with Gasteiger partial charge in [0.15, 0.2) is 6.10 Å². The van der Waals surface area contributed by atoms with Crippen molar-refractivity contribution in [3.63, 3.8) is 0 Å². The molecule has 0 aromatic carbocycles. The minimum atomic E-state index is -4.95. The molecule has 590 valence electrons. The highest BCUT2D eigenvalue weighted by atomic mass is 31.2. The normalized spacial score (nSPS) is 14.7. The minimum Gasteiger partial charge on any atom is -0.463 e. The number of phosphoric acid groups is 2. The van der Waals surface area contributed by atoms with E-state index in [4.69, 9.17) is 32.3 Å². The number of allylic oxidation sites excluding steroid dienone is 24. The third kappa shape index (κ3) is 78.3. The molecule has 0 spiro atoms. The number of aliphatic hydroxyl groups is 2. The van der Waals surface area contributed by atoms with Crippen LogP contribution in [0.2, 0.25) is 0 Å². The molecule has 0 saturated carbocycles. The first-order chi connectivity index (χ1) is 50.2. The highest BCUT2D eigenvalue weighted by molar-refractivity contribution is 7.47. The van der Waals surface area contributed by atoms with Crippen LogP contribution >= 0.6 is 15.6 Å². The van der Waals surface area contributed by atoms with E-state index in [2.05, 4.69) is 148 Å². The molecular weight excluding hydrogens is 1340 g/mol. The molecule has 0 bridgehead atoms. The van der Waals surface area contributed by atoms with Gasteiger partial charge in [-0.3, -0.25) is 32.5 Å². The van der Waals surface area contributed by atoms with Crippen LogP contribution in [0.4, 0.5) is 0 Å². The lowest BCUT2D eigenvalue weighted by atomic mass is 10.0. The highest BCUT2D eigenvalue weighted by Crippen LogP contribution is 2.45. The monoisotopic (exact) mass is 1480 g/mol. The van der Waals surface area contributed by atoms with Crippen LogP contribution in [-0.4, -0.2) is 95.9 Å². The second-order valence-electron chi connectivity index (χ2n) is 26.5. The molecule has 0 aromatic rings. The average molecular weight is 1480 g/mol. The second kappa shape index (κ2) is 77.1. The molecule has 4 N–H and O–H groups in total. The van der Waals surface area contributed by atoms with Gasteiger partial charge >= 0.3 is 33.6 Å². The summed E-state index contributed by atoms with van der Waals surface area (Å²) in [4.78, 5) is 58.5. The lowest BCUT2D eigenvalue weighted by Gasteiger charge is -2.21. The van der Waals surface area contributed by atoms with Crippen LogP contribution in [0, 0.1) is 0 Å². The molecule has 5 unspecified atom stereocenters. The first-order valence-electron chi connectivity index (χ1n) is 40.1. The van der Waals surface area contributed by atoms with Gasteiger partial charge < -0.3 is 34.2 Å². The number of esters is 3. The van der Waals surface area contributed by atoms with Crippen molar-refractivity contribution in [2.24, 2.45) is 0 Å². The van der Waals surface area contributed by atoms with E-state index in [1.54, 1.807) is 0 Å². The summed E-state index contributed by atoms with van der Waals surface area (Å²) in [6, 6.07) is 0. The largest absolute Gasteiger partial charge is 0.472 e. The van der Waals surface area contributed by atoms with Crippen LogP contribution in [0.5, 0.6) is 0 Å². The summed E-state index contributed by atoms with van der Waals surface area (Å²) in [5.41, 5.74) is 0. The minimum absolute atomic E-state index is 0.0386. The summed E-state index contributed by atoms with van der Waals surface area (Å²) in [6.07, 6.45) is 95.2. The topological polar surface area (TPSA) is 231 Å². The van der Waals surface area contributed by atoms with E-state index in [1.165, 1.54) is 128 Å². The molecule has 16 nitrogen and oxygen atoms in total. The molecule has 0 heterocycles. The van der Waals surface area contributed by atoms with Crippen molar-refractivity contribution in [3.8, 4) is 0 Å². The molecule has 0 rings (SSSR count). The van der Waals surface area contributed by atoms with Crippen molar-refractivity contribution >= 4 is 33.6 Å². The molecule has 18 heteroatoms. The Bertz CT molecular complexity index is 2450. The van der Waals surface area contributed by atoms with Crippen LogP contribution in [0.15, 0.2) is 146 Å². The summed E-state index contributed by atoms with van der Waals surface area (Å²) in [5.74, 6) is -1.69. The predicted octanol–water partition coefficient (Wildman–Crippen LogP) is 23.7. The lowest BCUT2D eigenvalue weighted by Crippen LogP contribution is -2.30. The standard InChI is InChI=1S/C85H144O16P2/c1-4-7-10-13-16-19-22-25-27-29-31-32-33-34-35-36-37-38-39-40-41-42-43-44-45-46-48-50-51-54-56-59-62-65-68-71-83(88)95-74-80(86)75-97-102(91,92)98-76-81(87)77-99-103(93,94)100-79-82(101-85(90)73-70-67-64-61-58-53-24-21-18-15-12-9-6-3)78-96-84(89)72-69-66-63-60-57-55-52-49-47-30-28-26-23-20-17-14-11-8-5-2/h8,11-12,15-17,19-21,24-28,31-32,34-35,47,49,55,57,63,66,80-82,86-87H,4-7,9-10,13-14,18,22-23,29-30,33,36-46,48,50-54,56,58-62,64-65,67-79H2,1-3H3,(H,91,92)(H,93,94)/b11-8-,15-12-,19-16-,20-17-,24-21-,27-25-,28-26-,32-31-,35-34-,49-47-,57-55-,66-63-. The summed E-state index contributed by atoms with van der Waals surface area (Å²) >= 11 is 0. The fourth-order valence-corrected chi connectivity index (χ4v) is 12.0. The summed E-state index contributed by atoms with van der Waals surface area (Å²) < 4.78 is 60.9. The van der Waals surface area contributed by atoms with Gasteiger partial charge in [-0.05, 0) is 128 Å². The zero-order valence-corrected chi connectivity index (χ0v) is 66.2. The summed E-state index contributed by atoms with van der Waals surface area (Å²) in [5, 5.41) is 20.6. The zero-order valence-electron chi connectivity index (χ0n) is 64.4. The van der Waals surface area contributed by atoms with Crippen molar-refractivity contribution in [2.45, 2.75) is 334 Å². The first-order valence-corrected chi connectivity index (χ1v) is 43.1. The summed E-state index contributed by atoms with van der Waals surface area (Å²) in [6.45, 7) is 2.36. The number of phosphoric ester groups is 2. The van der Waals surface area contributed by atoms with Gasteiger partial charge in [0.25, 0.3) is 0 Å². The Balaban J connectivity index is 4.41. The maximum Gasteiger partial charge on any atom is 0.472 e. The Morgan fingerprint density at radius 3 is 0.913 bits per heavy atom. The SMILES string of the molecule is CC/C=C\C/C=C\C/C=C\C/C=C\C/C=C\C/C=C\CCC(=O)OCC(COP(=O)(O)OCC(O)COP(=O)(O)OCC(O)COC(=O)CCCCCCCCCCCCCCCCCCCCC/C=C\C/C=C\C/C=C\C/C=C\CCCCC)OC(=O)CCCCCCC/C=C\C/C=C\CCC. The van der Waals surface area contributed by atoms with Gasteiger partial charge in [0, 0.05) is 19.3 Å². The molecule has 0 aromatic heterocycles. The van der Waals surface area contributed by atoms with Gasteiger partial charge in [0.05, 0.1) is 26.4 Å². The van der Waals surface area contributed by atoms with Crippen LogP contribution in [-0.2, 0) is 55.8 Å². The van der Waals surface area contributed by atoms with Crippen molar-refractivity contribution in [3.05, 3.63) is 146 Å². The van der Waals surface area contributed by atoms with Crippen molar-refractivity contribution in [1.82, 2.24) is 0 Å². The van der Waals surface area contributed by atoms with E-state index in [0.29, 0.717) is 25.7 Å². The van der Waals surface area contributed by atoms with E-state index in [0.717, 1.165) is 122 Å². The molecule has 0 aliphatic rings. The maximum atomic E-state index is 12.9. The molecular formula is C85H144O16P2. The van der Waals surface area contributed by atoms with Crippen molar-refractivity contribution in [2.75, 3.05) is 39.6 Å². The van der Waals surface area contributed by atoms with Gasteiger partial charge in [0.2, 0.25) is 0 Å². The second-order valence-corrected chi connectivity index (χ2v) is 29.4. The number of hydrogen-bond acceptors (Lipinski definition) is 14. The Labute approximate surface area is 626 Å². The third-order valence-corrected chi connectivity index (χ3v) is 18.4. The molecule has 0 aliphatic heterocycles. The van der Waals surface area contributed by atoms with E-state index >= 15 is 0 Å². The van der Waals surface area contributed by atoms with Gasteiger partial charge in [-0.15, -0.1) is 0 Å². The van der Waals surface area contributed by atoms with Gasteiger partial charge in [-0.25, -0.2) is 9.13 Å². The fourth-order valence-electron chi connectivity index (χ4n) is 10.4. The van der Waals surface area contributed by atoms with Crippen LogP contribution in [0.25, 0.3) is 0 Å². The molecule has 5 atom stereocenters. The van der Waals surface area contributed by atoms with Gasteiger partial charge in [0.1, 0.15) is 25.4 Å². The number of aliphatic hydroxyl groups excluding tert-OH is 2. The highest BCUT2D eigenvalue weighted by Gasteiger charge is 2.29. The van der Waals surface area contributed by atoms with Gasteiger partial charge in [-0.1, -0.05) is 314 Å². The third-order valence-electron chi connectivity index (χ3n) is 16.5. The fraction of sp³-hybridized carbons (Fsp3) is 0.682. The van der Waals surface area contributed by atoms with E-state index in [1.807, 2.05) is 18.2 Å². The van der Waals surface area contributed by atoms with Crippen LogP contribution in [0.3, 0.4) is 0 Å². The van der Waals surface area contributed by atoms with Gasteiger partial charge in [-0.2, -0.15) is 0 Å². The average Bonchev–Trinajstić information content (AvgIpc) is 0.946. The first kappa shape index (κ1) is 98.4. The molecule has 0 aliphatic carbocycles. The molecule has 0 amide bonds. The Morgan fingerprint density at radius 1 is 0.282 bits per heavy atom. The van der Waals surface area contributed by atoms with E-state index in [-0.39, 0.29) is 19.3 Å². The maximum absolute atomic E-state index is 12.9. The molecule has 0 saturated heterocycles. The lowest BCUT2D eigenvalue weighted by molar-refractivity contribution is -0.161.